The quantitative estimate of drug-likeness (QED) is 0.522. The first-order chi connectivity index (χ1) is 13.8. The fraction of sp³-hybridized carbons (Fsp3) is 0.125. The summed E-state index contributed by atoms with van der Waals surface area (Å²) in [5, 5.41) is 6.11. The molecule has 2 N–H and O–H groups in total. The van der Waals surface area contributed by atoms with Crippen LogP contribution in [0.4, 0.5) is 0 Å². The SMILES string of the molecule is O=C(Cc1c[nH]c2ccccc12)NCC#CCOc1cccc2ccccc12. The molecule has 4 heteroatoms. The second kappa shape index (κ2) is 8.32. The van der Waals surface area contributed by atoms with Crippen molar-refractivity contribution in [3.05, 3.63) is 78.5 Å². The van der Waals surface area contributed by atoms with E-state index < -0.39 is 0 Å². The topological polar surface area (TPSA) is 54.1 Å². The summed E-state index contributed by atoms with van der Waals surface area (Å²) < 4.78 is 5.77. The van der Waals surface area contributed by atoms with Gasteiger partial charge in [-0.1, -0.05) is 66.4 Å². The van der Waals surface area contributed by atoms with E-state index in [0.717, 1.165) is 33.0 Å². The van der Waals surface area contributed by atoms with Gasteiger partial charge in [0.05, 0.1) is 13.0 Å². The standard InChI is InChI=1S/C24H20N2O2/c27-24(16-19-17-26-22-12-4-3-10-20(19)22)25-14-5-6-15-28-23-13-7-9-18-8-1-2-11-21(18)23/h1-4,7-13,17,26H,14-16H2,(H,25,27). The molecular weight excluding hydrogens is 348 g/mol. The van der Waals surface area contributed by atoms with Gasteiger partial charge < -0.3 is 15.0 Å². The van der Waals surface area contributed by atoms with E-state index in [2.05, 4.69) is 34.3 Å². The minimum Gasteiger partial charge on any atom is -0.480 e. The van der Waals surface area contributed by atoms with Gasteiger partial charge in [-0.2, -0.15) is 0 Å². The molecule has 0 atom stereocenters. The zero-order valence-corrected chi connectivity index (χ0v) is 15.4. The van der Waals surface area contributed by atoms with Crippen molar-refractivity contribution in [2.75, 3.05) is 13.2 Å². The number of aromatic nitrogens is 1. The van der Waals surface area contributed by atoms with E-state index in [1.807, 2.05) is 60.8 Å². The molecule has 0 saturated carbocycles. The number of nitrogens with one attached hydrogen (secondary N) is 2. The Hall–Kier alpha value is -3.71. The van der Waals surface area contributed by atoms with E-state index in [1.165, 1.54) is 0 Å². The molecule has 0 aliphatic carbocycles. The number of fused-ring (bicyclic) bond motifs is 2. The van der Waals surface area contributed by atoms with Crippen LogP contribution in [0.1, 0.15) is 5.56 Å². The van der Waals surface area contributed by atoms with Crippen LogP contribution in [0.2, 0.25) is 0 Å². The highest BCUT2D eigenvalue weighted by Gasteiger charge is 2.07. The van der Waals surface area contributed by atoms with Gasteiger partial charge in [-0.25, -0.2) is 0 Å². The lowest BCUT2D eigenvalue weighted by Gasteiger charge is -2.06. The van der Waals surface area contributed by atoms with Gasteiger partial charge in [0.2, 0.25) is 5.91 Å². The number of hydrogen-bond donors (Lipinski definition) is 2. The molecule has 4 aromatic rings. The predicted octanol–water partition coefficient (Wildman–Crippen LogP) is 4.06. The number of carbonyl (C=O) groups excluding carboxylic acids is 1. The monoisotopic (exact) mass is 368 g/mol. The number of benzene rings is 3. The number of hydrogen-bond acceptors (Lipinski definition) is 2. The van der Waals surface area contributed by atoms with Crippen molar-refractivity contribution in [1.29, 1.82) is 0 Å². The largest absolute Gasteiger partial charge is 0.480 e. The summed E-state index contributed by atoms with van der Waals surface area (Å²) in [7, 11) is 0. The molecule has 1 aromatic heterocycles. The molecule has 0 spiro atoms. The second-order valence-electron chi connectivity index (χ2n) is 6.43. The van der Waals surface area contributed by atoms with Crippen LogP contribution in [-0.2, 0) is 11.2 Å². The highest BCUT2D eigenvalue weighted by molar-refractivity contribution is 5.89. The fourth-order valence-electron chi connectivity index (χ4n) is 3.21. The molecular formula is C24H20N2O2. The van der Waals surface area contributed by atoms with Crippen LogP contribution in [0.3, 0.4) is 0 Å². The molecule has 0 unspecified atom stereocenters. The first kappa shape index (κ1) is 17.7. The maximum absolute atomic E-state index is 12.1. The molecule has 0 bridgehead atoms. The van der Waals surface area contributed by atoms with Gasteiger partial charge in [-0.3, -0.25) is 4.79 Å². The maximum Gasteiger partial charge on any atom is 0.225 e. The average Bonchev–Trinajstić information content (AvgIpc) is 3.13. The Bertz CT molecular complexity index is 1180. The van der Waals surface area contributed by atoms with Crippen molar-refractivity contribution in [1.82, 2.24) is 10.3 Å². The Morgan fingerprint density at radius 3 is 2.64 bits per heavy atom. The van der Waals surface area contributed by atoms with Crippen LogP contribution in [0.25, 0.3) is 21.7 Å². The summed E-state index contributed by atoms with van der Waals surface area (Å²) in [6, 6.07) is 22.0. The van der Waals surface area contributed by atoms with E-state index in [0.29, 0.717) is 13.0 Å². The normalized spacial score (nSPS) is 10.4. The number of ether oxygens (including phenoxy) is 1. The number of rotatable bonds is 5. The Labute approximate surface area is 163 Å². The summed E-state index contributed by atoms with van der Waals surface area (Å²) in [5.41, 5.74) is 2.02. The Balaban J connectivity index is 1.26. The van der Waals surface area contributed by atoms with Crippen LogP contribution in [0.15, 0.2) is 72.9 Å². The molecule has 1 amide bonds. The number of amides is 1. The van der Waals surface area contributed by atoms with E-state index in [9.17, 15) is 4.79 Å². The van der Waals surface area contributed by atoms with E-state index in [1.54, 1.807) is 0 Å². The first-order valence-electron chi connectivity index (χ1n) is 9.19. The summed E-state index contributed by atoms with van der Waals surface area (Å²) in [4.78, 5) is 15.3. The first-order valence-corrected chi connectivity index (χ1v) is 9.19. The van der Waals surface area contributed by atoms with Gasteiger partial charge in [0.15, 0.2) is 0 Å². The molecule has 4 nitrogen and oxygen atoms in total. The lowest BCUT2D eigenvalue weighted by Crippen LogP contribution is -2.25. The van der Waals surface area contributed by atoms with Gasteiger partial charge in [-0.05, 0) is 23.1 Å². The van der Waals surface area contributed by atoms with Crippen molar-refractivity contribution in [2.24, 2.45) is 0 Å². The second-order valence-corrected chi connectivity index (χ2v) is 6.43. The van der Waals surface area contributed by atoms with Gasteiger partial charge in [0, 0.05) is 22.5 Å². The van der Waals surface area contributed by atoms with Crippen LogP contribution in [-0.4, -0.2) is 24.0 Å². The predicted molar refractivity (Wildman–Crippen MR) is 112 cm³/mol. The van der Waals surface area contributed by atoms with E-state index in [-0.39, 0.29) is 12.5 Å². The van der Waals surface area contributed by atoms with Crippen molar-refractivity contribution in [3.8, 4) is 17.6 Å². The molecule has 0 aliphatic rings. The van der Waals surface area contributed by atoms with Crippen molar-refractivity contribution >= 4 is 27.6 Å². The van der Waals surface area contributed by atoms with E-state index >= 15 is 0 Å². The molecule has 4 rings (SSSR count). The van der Waals surface area contributed by atoms with Crippen molar-refractivity contribution in [3.63, 3.8) is 0 Å². The Morgan fingerprint density at radius 2 is 1.71 bits per heavy atom. The average molecular weight is 368 g/mol. The summed E-state index contributed by atoms with van der Waals surface area (Å²) in [6.45, 7) is 0.590. The van der Waals surface area contributed by atoms with Crippen molar-refractivity contribution in [2.45, 2.75) is 6.42 Å². The minimum absolute atomic E-state index is 0.0472. The van der Waals surface area contributed by atoms with Crippen molar-refractivity contribution < 1.29 is 9.53 Å². The third kappa shape index (κ3) is 3.99. The zero-order chi connectivity index (χ0) is 19.2. The third-order valence-electron chi connectivity index (χ3n) is 4.57. The van der Waals surface area contributed by atoms with Gasteiger partial charge >= 0.3 is 0 Å². The van der Waals surface area contributed by atoms with E-state index in [4.69, 9.17) is 4.74 Å². The van der Waals surface area contributed by atoms with Gasteiger partial charge in [-0.15, -0.1) is 0 Å². The zero-order valence-electron chi connectivity index (χ0n) is 15.4. The van der Waals surface area contributed by atoms with Gasteiger partial charge in [0.25, 0.3) is 0 Å². The Kier molecular flexibility index (Phi) is 5.26. The lowest BCUT2D eigenvalue weighted by molar-refractivity contribution is -0.120. The number of aromatic amines is 1. The number of para-hydroxylation sites is 1. The lowest BCUT2D eigenvalue weighted by atomic mass is 10.1. The van der Waals surface area contributed by atoms with Crippen LogP contribution < -0.4 is 10.1 Å². The Morgan fingerprint density at radius 1 is 0.929 bits per heavy atom. The summed E-state index contributed by atoms with van der Waals surface area (Å²) in [6.07, 6.45) is 2.21. The molecule has 0 radical (unpaired) electrons. The fourth-order valence-corrected chi connectivity index (χ4v) is 3.21. The number of carbonyl (C=O) groups is 1. The highest BCUT2D eigenvalue weighted by Crippen LogP contribution is 2.24. The highest BCUT2D eigenvalue weighted by atomic mass is 16.5. The molecule has 0 fully saturated rings. The molecule has 28 heavy (non-hydrogen) atoms. The summed E-state index contributed by atoms with van der Waals surface area (Å²) >= 11 is 0. The molecule has 0 saturated heterocycles. The molecule has 138 valence electrons. The molecule has 0 aliphatic heterocycles. The van der Waals surface area contributed by atoms with Gasteiger partial charge in [0.1, 0.15) is 12.4 Å². The summed E-state index contributed by atoms with van der Waals surface area (Å²) in [5.74, 6) is 6.65. The maximum atomic E-state index is 12.1. The third-order valence-corrected chi connectivity index (χ3v) is 4.57. The molecule has 1 heterocycles. The van der Waals surface area contributed by atoms with Crippen LogP contribution in [0.5, 0.6) is 5.75 Å². The number of H-pyrrole nitrogens is 1. The smallest absolute Gasteiger partial charge is 0.225 e. The van der Waals surface area contributed by atoms with Crippen LogP contribution in [0, 0.1) is 11.8 Å². The molecule has 3 aromatic carbocycles. The minimum atomic E-state index is -0.0472. The van der Waals surface area contributed by atoms with Crippen LogP contribution >= 0.6 is 0 Å².